The SMILES string of the molecule is CC[C@H](C)Sc1nc(CO)cn1Cc1ccc(Cl)cc1. The Kier molecular flexibility index (Phi) is 5.52. The molecule has 5 heteroatoms. The lowest BCUT2D eigenvalue weighted by molar-refractivity contribution is 0.277. The maximum Gasteiger partial charge on any atom is 0.168 e. The maximum atomic E-state index is 9.27. The molecular weight excluding hydrogens is 292 g/mol. The molecule has 0 fully saturated rings. The molecule has 2 rings (SSSR count). The fourth-order valence-electron chi connectivity index (χ4n) is 1.78. The molecule has 0 spiro atoms. The molecule has 0 unspecified atom stereocenters. The number of nitrogens with zero attached hydrogens (tertiary/aromatic N) is 2. The molecule has 3 nitrogen and oxygen atoms in total. The molecule has 1 aromatic heterocycles. The lowest BCUT2D eigenvalue weighted by atomic mass is 10.2. The molecule has 1 atom stereocenters. The van der Waals surface area contributed by atoms with E-state index in [1.54, 1.807) is 11.8 Å². The third-order valence-electron chi connectivity index (χ3n) is 3.10. The Balaban J connectivity index is 2.20. The number of hydrogen-bond donors (Lipinski definition) is 1. The Labute approximate surface area is 129 Å². The first-order valence-corrected chi connectivity index (χ1v) is 7.96. The minimum Gasteiger partial charge on any atom is -0.390 e. The van der Waals surface area contributed by atoms with Crippen LogP contribution < -0.4 is 0 Å². The van der Waals surface area contributed by atoms with Gasteiger partial charge in [-0.05, 0) is 24.1 Å². The first-order chi connectivity index (χ1) is 9.62. The van der Waals surface area contributed by atoms with Crippen molar-refractivity contribution in [3.05, 3.63) is 46.7 Å². The van der Waals surface area contributed by atoms with Crippen molar-refractivity contribution in [2.24, 2.45) is 0 Å². The van der Waals surface area contributed by atoms with Crippen LogP contribution in [0.2, 0.25) is 5.02 Å². The second-order valence-electron chi connectivity index (χ2n) is 4.76. The van der Waals surface area contributed by atoms with Gasteiger partial charge in [-0.25, -0.2) is 4.98 Å². The zero-order chi connectivity index (χ0) is 14.5. The number of aliphatic hydroxyl groups excluding tert-OH is 1. The quantitative estimate of drug-likeness (QED) is 0.820. The smallest absolute Gasteiger partial charge is 0.168 e. The molecule has 0 aliphatic rings. The molecule has 20 heavy (non-hydrogen) atoms. The predicted octanol–water partition coefficient (Wildman–Crippen LogP) is 3.97. The van der Waals surface area contributed by atoms with Crippen LogP contribution in [-0.2, 0) is 13.2 Å². The zero-order valence-corrected chi connectivity index (χ0v) is 13.3. The number of halogens is 1. The summed E-state index contributed by atoms with van der Waals surface area (Å²) in [6, 6.07) is 7.81. The average Bonchev–Trinajstić information content (AvgIpc) is 2.83. The van der Waals surface area contributed by atoms with Crippen molar-refractivity contribution in [2.75, 3.05) is 0 Å². The van der Waals surface area contributed by atoms with E-state index in [9.17, 15) is 5.11 Å². The molecule has 0 aliphatic heterocycles. The van der Waals surface area contributed by atoms with Crippen molar-refractivity contribution in [3.8, 4) is 0 Å². The topological polar surface area (TPSA) is 38.1 Å². The van der Waals surface area contributed by atoms with Crippen molar-refractivity contribution in [1.29, 1.82) is 0 Å². The van der Waals surface area contributed by atoms with Crippen LogP contribution in [0.15, 0.2) is 35.6 Å². The van der Waals surface area contributed by atoms with Gasteiger partial charge in [0.15, 0.2) is 5.16 Å². The van der Waals surface area contributed by atoms with E-state index >= 15 is 0 Å². The Morgan fingerprint density at radius 3 is 2.65 bits per heavy atom. The van der Waals surface area contributed by atoms with E-state index < -0.39 is 0 Å². The summed E-state index contributed by atoms with van der Waals surface area (Å²) < 4.78 is 2.09. The highest BCUT2D eigenvalue weighted by molar-refractivity contribution is 7.99. The van der Waals surface area contributed by atoms with E-state index in [1.165, 1.54) is 5.56 Å². The van der Waals surface area contributed by atoms with Crippen LogP contribution in [0.1, 0.15) is 31.5 Å². The van der Waals surface area contributed by atoms with Crippen LogP contribution in [0, 0.1) is 0 Å². The summed E-state index contributed by atoms with van der Waals surface area (Å²) in [6.45, 7) is 5.06. The summed E-state index contributed by atoms with van der Waals surface area (Å²) in [6.07, 6.45) is 3.01. The number of hydrogen-bond acceptors (Lipinski definition) is 3. The molecule has 108 valence electrons. The monoisotopic (exact) mass is 310 g/mol. The molecule has 1 aromatic carbocycles. The first kappa shape index (κ1) is 15.4. The third kappa shape index (κ3) is 4.01. The van der Waals surface area contributed by atoms with Crippen LogP contribution >= 0.6 is 23.4 Å². The second kappa shape index (κ2) is 7.16. The molecular formula is C15H19ClN2OS. The van der Waals surface area contributed by atoms with Gasteiger partial charge in [0.25, 0.3) is 0 Å². The van der Waals surface area contributed by atoms with Crippen molar-refractivity contribution in [3.63, 3.8) is 0 Å². The van der Waals surface area contributed by atoms with E-state index in [0.29, 0.717) is 10.9 Å². The first-order valence-electron chi connectivity index (χ1n) is 6.70. The van der Waals surface area contributed by atoms with E-state index in [-0.39, 0.29) is 6.61 Å². The molecule has 0 amide bonds. The highest BCUT2D eigenvalue weighted by atomic mass is 35.5. The van der Waals surface area contributed by atoms with Crippen molar-refractivity contribution in [2.45, 2.75) is 43.8 Å². The number of benzene rings is 1. The lowest BCUT2D eigenvalue weighted by Gasteiger charge is -2.10. The van der Waals surface area contributed by atoms with E-state index in [0.717, 1.165) is 23.1 Å². The Morgan fingerprint density at radius 2 is 2.05 bits per heavy atom. The van der Waals surface area contributed by atoms with Gasteiger partial charge in [-0.2, -0.15) is 0 Å². The van der Waals surface area contributed by atoms with Gasteiger partial charge in [0.2, 0.25) is 0 Å². The summed E-state index contributed by atoms with van der Waals surface area (Å²) >= 11 is 7.65. The van der Waals surface area contributed by atoms with Crippen LogP contribution in [0.5, 0.6) is 0 Å². The average molecular weight is 311 g/mol. The van der Waals surface area contributed by atoms with Crippen molar-refractivity contribution in [1.82, 2.24) is 9.55 Å². The number of aromatic nitrogens is 2. The number of rotatable bonds is 6. The molecule has 1 N–H and O–H groups in total. The lowest BCUT2D eigenvalue weighted by Crippen LogP contribution is -2.03. The molecule has 0 saturated carbocycles. The zero-order valence-electron chi connectivity index (χ0n) is 11.7. The van der Waals surface area contributed by atoms with Gasteiger partial charge in [0.05, 0.1) is 12.3 Å². The summed E-state index contributed by atoms with van der Waals surface area (Å²) in [5.41, 5.74) is 1.88. The molecule has 0 bridgehead atoms. The van der Waals surface area contributed by atoms with Gasteiger partial charge < -0.3 is 9.67 Å². The fraction of sp³-hybridized carbons (Fsp3) is 0.400. The normalized spacial score (nSPS) is 12.6. The summed E-state index contributed by atoms with van der Waals surface area (Å²) in [4.78, 5) is 4.48. The Bertz CT molecular complexity index is 554. The van der Waals surface area contributed by atoms with Crippen molar-refractivity contribution >= 4 is 23.4 Å². The summed E-state index contributed by atoms with van der Waals surface area (Å²) in [5.74, 6) is 0. The highest BCUT2D eigenvalue weighted by Crippen LogP contribution is 2.25. The van der Waals surface area contributed by atoms with E-state index in [1.807, 2.05) is 30.5 Å². The third-order valence-corrected chi connectivity index (χ3v) is 4.62. The minimum atomic E-state index is -0.0261. The standard InChI is InChI=1S/C15H19ClN2OS/c1-3-11(2)20-15-17-14(10-19)9-18(15)8-12-4-6-13(16)7-5-12/h4-7,9,11,19H,3,8,10H2,1-2H3/t11-/m0/s1. The van der Waals surface area contributed by atoms with Crippen LogP contribution in [-0.4, -0.2) is 19.9 Å². The Hall–Kier alpha value is -0.970. The minimum absolute atomic E-state index is 0.0261. The van der Waals surface area contributed by atoms with E-state index in [2.05, 4.69) is 23.4 Å². The Morgan fingerprint density at radius 1 is 1.35 bits per heavy atom. The second-order valence-corrected chi connectivity index (χ2v) is 6.61. The summed E-state index contributed by atoms with van der Waals surface area (Å²) in [7, 11) is 0. The summed E-state index contributed by atoms with van der Waals surface area (Å²) in [5, 5.41) is 11.5. The van der Waals surface area contributed by atoms with Crippen molar-refractivity contribution < 1.29 is 5.11 Å². The molecule has 1 heterocycles. The predicted molar refractivity (Wildman–Crippen MR) is 84.3 cm³/mol. The van der Waals surface area contributed by atoms with Gasteiger partial charge in [0.1, 0.15) is 0 Å². The fourth-order valence-corrected chi connectivity index (χ4v) is 2.86. The molecule has 0 radical (unpaired) electrons. The van der Waals surface area contributed by atoms with Gasteiger partial charge in [-0.15, -0.1) is 0 Å². The largest absolute Gasteiger partial charge is 0.390 e. The van der Waals surface area contributed by atoms with Gasteiger partial charge in [0, 0.05) is 23.0 Å². The molecule has 0 aliphatic carbocycles. The number of imidazole rings is 1. The van der Waals surface area contributed by atoms with Gasteiger partial charge in [-0.1, -0.05) is 49.3 Å². The number of aliphatic hydroxyl groups is 1. The molecule has 2 aromatic rings. The highest BCUT2D eigenvalue weighted by Gasteiger charge is 2.11. The maximum absolute atomic E-state index is 9.27. The van der Waals surface area contributed by atoms with Crippen LogP contribution in [0.25, 0.3) is 0 Å². The van der Waals surface area contributed by atoms with Gasteiger partial charge in [-0.3, -0.25) is 0 Å². The van der Waals surface area contributed by atoms with E-state index in [4.69, 9.17) is 11.6 Å². The van der Waals surface area contributed by atoms with Gasteiger partial charge >= 0.3 is 0 Å². The van der Waals surface area contributed by atoms with Crippen LogP contribution in [0.3, 0.4) is 0 Å². The van der Waals surface area contributed by atoms with Crippen LogP contribution in [0.4, 0.5) is 0 Å². The number of thioether (sulfide) groups is 1. The molecule has 0 saturated heterocycles.